The number of hydrogen-bond acceptors (Lipinski definition) is 7. The first-order valence-electron chi connectivity index (χ1n) is 9.95. The van der Waals surface area contributed by atoms with Crippen LogP contribution in [0.5, 0.6) is 0 Å². The van der Waals surface area contributed by atoms with Crippen LogP contribution in [0, 0.1) is 12.8 Å². The molecule has 0 spiro atoms. The molecular formula is C19H29N7O2. The predicted molar refractivity (Wildman–Crippen MR) is 105 cm³/mol. The van der Waals surface area contributed by atoms with E-state index < -0.39 is 0 Å². The summed E-state index contributed by atoms with van der Waals surface area (Å²) in [5, 5.41) is 14.3. The van der Waals surface area contributed by atoms with Crippen LogP contribution in [0.25, 0.3) is 0 Å². The smallest absolute Gasteiger partial charge is 0.223 e. The number of carbonyl (C=O) groups is 1. The zero-order chi connectivity index (χ0) is 19.8. The molecule has 1 aliphatic rings. The molecular weight excluding hydrogens is 358 g/mol. The number of carbonyl (C=O) groups excluding carboxylic acids is 1. The third kappa shape index (κ3) is 5.72. The Morgan fingerprint density at radius 2 is 2.14 bits per heavy atom. The molecule has 0 saturated heterocycles. The summed E-state index contributed by atoms with van der Waals surface area (Å²) < 4.78 is 7.79. The summed E-state index contributed by atoms with van der Waals surface area (Å²) in [5.74, 6) is 0.633. The van der Waals surface area contributed by atoms with E-state index in [-0.39, 0.29) is 24.0 Å². The molecule has 2 aromatic rings. The summed E-state index contributed by atoms with van der Waals surface area (Å²) in [6.07, 6.45) is 8.55. The molecule has 0 bridgehead atoms. The van der Waals surface area contributed by atoms with E-state index in [1.807, 2.05) is 13.1 Å². The molecule has 2 N–H and O–H groups in total. The Bertz CT molecular complexity index is 737. The summed E-state index contributed by atoms with van der Waals surface area (Å²) in [4.78, 5) is 21.1. The Labute approximate surface area is 165 Å². The maximum absolute atomic E-state index is 12.6. The number of rotatable bonds is 9. The maximum atomic E-state index is 12.6. The maximum Gasteiger partial charge on any atom is 0.223 e. The third-order valence-electron chi connectivity index (χ3n) is 4.87. The van der Waals surface area contributed by atoms with Crippen LogP contribution in [0.15, 0.2) is 24.7 Å². The second-order valence-corrected chi connectivity index (χ2v) is 7.16. The molecule has 9 heteroatoms. The topological polar surface area (TPSA) is 107 Å². The Morgan fingerprint density at radius 3 is 2.86 bits per heavy atom. The fourth-order valence-electron chi connectivity index (χ4n) is 3.47. The van der Waals surface area contributed by atoms with Gasteiger partial charge in [-0.3, -0.25) is 9.48 Å². The van der Waals surface area contributed by atoms with Gasteiger partial charge < -0.3 is 15.4 Å². The number of aromatic nitrogens is 5. The zero-order valence-electron chi connectivity index (χ0n) is 16.5. The first-order valence-corrected chi connectivity index (χ1v) is 9.95. The van der Waals surface area contributed by atoms with E-state index in [2.05, 4.69) is 37.8 Å². The largest absolute Gasteiger partial charge is 0.376 e. The van der Waals surface area contributed by atoms with Crippen LogP contribution in [0.1, 0.15) is 38.3 Å². The van der Waals surface area contributed by atoms with Gasteiger partial charge in [0.2, 0.25) is 11.9 Å². The van der Waals surface area contributed by atoms with Gasteiger partial charge in [0.25, 0.3) is 0 Å². The lowest BCUT2D eigenvalue weighted by Gasteiger charge is -2.35. The highest BCUT2D eigenvalue weighted by atomic mass is 16.5. The fourth-order valence-corrected chi connectivity index (χ4v) is 3.47. The molecule has 0 radical (unpaired) electrons. The van der Waals surface area contributed by atoms with Gasteiger partial charge >= 0.3 is 0 Å². The average Bonchev–Trinajstić information content (AvgIpc) is 3.13. The van der Waals surface area contributed by atoms with Crippen molar-refractivity contribution in [3.8, 4) is 0 Å². The Balaban J connectivity index is 1.51. The van der Waals surface area contributed by atoms with Crippen LogP contribution in [-0.4, -0.2) is 56.2 Å². The summed E-state index contributed by atoms with van der Waals surface area (Å²) in [7, 11) is 0. The Morgan fingerprint density at radius 1 is 1.32 bits per heavy atom. The van der Waals surface area contributed by atoms with Crippen molar-refractivity contribution in [1.29, 1.82) is 0 Å². The number of amides is 1. The summed E-state index contributed by atoms with van der Waals surface area (Å²) in [6, 6.07) is 1.90. The second kappa shape index (κ2) is 10.1. The predicted octanol–water partition coefficient (Wildman–Crippen LogP) is 1.57. The minimum absolute atomic E-state index is 0.0359. The molecule has 0 aliphatic heterocycles. The van der Waals surface area contributed by atoms with Gasteiger partial charge in [-0.1, -0.05) is 12.1 Å². The molecule has 0 aromatic carbocycles. The minimum atomic E-state index is -0.0471. The molecule has 28 heavy (non-hydrogen) atoms. The van der Waals surface area contributed by atoms with Gasteiger partial charge in [0, 0.05) is 37.7 Å². The van der Waals surface area contributed by atoms with Crippen molar-refractivity contribution >= 4 is 11.9 Å². The normalized spacial score (nSPS) is 22.0. The SMILES string of the molecule is CCCO[C@H]1C[C@@H](C(=O)NCCn2cc(C)nn2)CC[C@@H]1Nc1ncccn1. The molecule has 152 valence electrons. The van der Waals surface area contributed by atoms with Crippen molar-refractivity contribution in [3.05, 3.63) is 30.4 Å². The quantitative estimate of drug-likeness (QED) is 0.672. The van der Waals surface area contributed by atoms with E-state index >= 15 is 0 Å². The number of hydrogen-bond donors (Lipinski definition) is 2. The number of ether oxygens (including phenoxy) is 1. The van der Waals surface area contributed by atoms with Crippen molar-refractivity contribution in [2.24, 2.45) is 5.92 Å². The average molecular weight is 387 g/mol. The molecule has 9 nitrogen and oxygen atoms in total. The molecule has 2 aromatic heterocycles. The summed E-state index contributed by atoms with van der Waals surface area (Å²) >= 11 is 0. The number of anilines is 1. The zero-order valence-corrected chi connectivity index (χ0v) is 16.5. The van der Waals surface area contributed by atoms with Crippen molar-refractivity contribution in [2.75, 3.05) is 18.5 Å². The van der Waals surface area contributed by atoms with Crippen LogP contribution < -0.4 is 10.6 Å². The van der Waals surface area contributed by atoms with Gasteiger partial charge in [0.1, 0.15) is 0 Å². The van der Waals surface area contributed by atoms with E-state index in [4.69, 9.17) is 4.74 Å². The first-order chi connectivity index (χ1) is 13.7. The van der Waals surface area contributed by atoms with Gasteiger partial charge in [0.05, 0.1) is 24.4 Å². The molecule has 3 atom stereocenters. The van der Waals surface area contributed by atoms with Gasteiger partial charge in [-0.2, -0.15) is 0 Å². The molecule has 1 aliphatic carbocycles. The highest BCUT2D eigenvalue weighted by Gasteiger charge is 2.34. The lowest BCUT2D eigenvalue weighted by molar-refractivity contribution is -0.128. The second-order valence-electron chi connectivity index (χ2n) is 7.16. The van der Waals surface area contributed by atoms with Crippen LogP contribution in [0.4, 0.5) is 5.95 Å². The van der Waals surface area contributed by atoms with Gasteiger partial charge in [-0.15, -0.1) is 5.10 Å². The van der Waals surface area contributed by atoms with Crippen LogP contribution >= 0.6 is 0 Å². The van der Waals surface area contributed by atoms with Crippen molar-refractivity contribution in [3.63, 3.8) is 0 Å². The first kappa shape index (κ1) is 20.2. The Hall–Kier alpha value is -2.55. The standard InChI is InChI=1S/C19H29N7O2/c1-3-11-28-17-12-15(5-6-16(17)23-19-21-7-4-8-22-19)18(27)20-9-10-26-13-14(2)24-25-26/h4,7-8,13,15-17H,3,5-6,9-12H2,1-2H3,(H,20,27)(H,21,22,23)/t15-,16-,17-/m0/s1. The molecule has 1 fully saturated rings. The van der Waals surface area contributed by atoms with Crippen molar-refractivity contribution < 1.29 is 9.53 Å². The van der Waals surface area contributed by atoms with E-state index in [1.54, 1.807) is 23.1 Å². The lowest BCUT2D eigenvalue weighted by Crippen LogP contribution is -2.45. The highest BCUT2D eigenvalue weighted by Crippen LogP contribution is 2.28. The summed E-state index contributed by atoms with van der Waals surface area (Å²) in [6.45, 7) is 5.81. The van der Waals surface area contributed by atoms with E-state index in [1.165, 1.54) is 0 Å². The van der Waals surface area contributed by atoms with Gasteiger partial charge in [-0.25, -0.2) is 9.97 Å². The molecule has 1 amide bonds. The molecule has 2 heterocycles. The Kier molecular flexibility index (Phi) is 7.30. The van der Waals surface area contributed by atoms with E-state index in [0.717, 1.165) is 25.0 Å². The molecule has 1 saturated carbocycles. The van der Waals surface area contributed by atoms with Gasteiger partial charge in [0.15, 0.2) is 0 Å². The highest BCUT2D eigenvalue weighted by molar-refractivity contribution is 5.78. The van der Waals surface area contributed by atoms with Crippen LogP contribution in [0.2, 0.25) is 0 Å². The molecule has 3 rings (SSSR count). The van der Waals surface area contributed by atoms with E-state index in [0.29, 0.717) is 32.1 Å². The van der Waals surface area contributed by atoms with Gasteiger partial charge in [-0.05, 0) is 38.7 Å². The minimum Gasteiger partial charge on any atom is -0.376 e. The van der Waals surface area contributed by atoms with Crippen molar-refractivity contribution in [1.82, 2.24) is 30.3 Å². The van der Waals surface area contributed by atoms with Crippen LogP contribution in [-0.2, 0) is 16.1 Å². The monoisotopic (exact) mass is 387 g/mol. The number of aryl methyl sites for hydroxylation is 1. The number of nitrogens with one attached hydrogen (secondary N) is 2. The lowest BCUT2D eigenvalue weighted by atomic mass is 9.83. The van der Waals surface area contributed by atoms with Crippen LogP contribution in [0.3, 0.4) is 0 Å². The summed E-state index contributed by atoms with van der Waals surface area (Å²) in [5.41, 5.74) is 0.871. The van der Waals surface area contributed by atoms with Crippen molar-refractivity contribution in [2.45, 2.75) is 58.2 Å². The van der Waals surface area contributed by atoms with E-state index in [9.17, 15) is 4.79 Å². The molecule has 0 unspecified atom stereocenters. The number of nitrogens with zero attached hydrogens (tertiary/aromatic N) is 5. The third-order valence-corrected chi connectivity index (χ3v) is 4.87. The fraction of sp³-hybridized carbons (Fsp3) is 0.632.